The zero-order chi connectivity index (χ0) is 43.0. The van der Waals surface area contributed by atoms with E-state index in [1.165, 1.54) is 205 Å². The molecule has 0 aromatic carbocycles. The fourth-order valence-electron chi connectivity index (χ4n) is 8.09. The van der Waals surface area contributed by atoms with E-state index in [1.807, 2.05) is 0 Å². The second-order valence-electron chi connectivity index (χ2n) is 18.2. The molecule has 0 bridgehead atoms. The SMILES string of the molecule is CCCCCCCCCCCCCCCCCCCCC(=O)OC[C@@H](COC(=O)CCCCCCCCCCC)OC(=O)CCCCCCCCCCCCCCCC. The van der Waals surface area contributed by atoms with Crippen LogP contribution in [-0.4, -0.2) is 37.2 Å². The van der Waals surface area contributed by atoms with E-state index in [1.54, 1.807) is 0 Å². The van der Waals surface area contributed by atoms with Crippen LogP contribution in [0.4, 0.5) is 0 Å². The Morgan fingerprint density at radius 3 is 0.678 bits per heavy atom. The molecule has 0 aliphatic carbocycles. The number of hydrogen-bond donors (Lipinski definition) is 0. The van der Waals surface area contributed by atoms with Crippen LogP contribution in [0.1, 0.15) is 303 Å². The van der Waals surface area contributed by atoms with Crippen LogP contribution in [0.5, 0.6) is 0 Å². The van der Waals surface area contributed by atoms with E-state index >= 15 is 0 Å². The van der Waals surface area contributed by atoms with E-state index in [-0.39, 0.29) is 31.1 Å². The maximum absolute atomic E-state index is 12.8. The van der Waals surface area contributed by atoms with Crippen molar-refractivity contribution in [3.05, 3.63) is 0 Å². The Bertz CT molecular complexity index is 874. The fraction of sp³-hybridized carbons (Fsp3) is 0.943. The summed E-state index contributed by atoms with van der Waals surface area (Å²) in [5, 5.41) is 0. The first-order valence-corrected chi connectivity index (χ1v) is 26.5. The van der Waals surface area contributed by atoms with Crippen molar-refractivity contribution in [2.45, 2.75) is 309 Å². The van der Waals surface area contributed by atoms with E-state index in [9.17, 15) is 14.4 Å². The standard InChI is InChI=1S/C53H102O6/c1-4-7-10-13-16-19-21-23-25-26-27-28-30-31-34-37-40-43-46-52(55)58-49-50(48-57-51(54)45-42-39-36-33-18-15-12-9-6-3)59-53(56)47-44-41-38-35-32-29-24-22-20-17-14-11-8-5-2/h50H,4-49H2,1-3H3/t50-/m1/s1. The molecule has 0 rings (SSSR count). The molecule has 1 atom stereocenters. The average molecular weight is 835 g/mol. The first kappa shape index (κ1) is 57.4. The zero-order valence-electron chi connectivity index (χ0n) is 40.1. The topological polar surface area (TPSA) is 78.9 Å². The zero-order valence-corrected chi connectivity index (χ0v) is 40.1. The van der Waals surface area contributed by atoms with E-state index < -0.39 is 6.10 Å². The van der Waals surface area contributed by atoms with Crippen LogP contribution in [0.15, 0.2) is 0 Å². The summed E-state index contributed by atoms with van der Waals surface area (Å²) in [5.41, 5.74) is 0. The molecule has 0 spiro atoms. The second-order valence-corrected chi connectivity index (χ2v) is 18.2. The van der Waals surface area contributed by atoms with Gasteiger partial charge in [-0.05, 0) is 19.3 Å². The van der Waals surface area contributed by atoms with Gasteiger partial charge in [-0.2, -0.15) is 0 Å². The molecule has 0 saturated heterocycles. The Balaban J connectivity index is 4.22. The molecular formula is C53H102O6. The number of unbranched alkanes of at least 4 members (excludes halogenated alkanes) is 38. The average Bonchev–Trinajstić information content (AvgIpc) is 3.23. The van der Waals surface area contributed by atoms with Crippen LogP contribution < -0.4 is 0 Å². The maximum Gasteiger partial charge on any atom is 0.306 e. The normalized spacial score (nSPS) is 11.8. The highest BCUT2D eigenvalue weighted by atomic mass is 16.6. The summed E-state index contributed by atoms with van der Waals surface area (Å²) < 4.78 is 16.8. The summed E-state index contributed by atoms with van der Waals surface area (Å²) in [6.07, 6.45) is 52.3. The molecule has 0 aromatic rings. The number of rotatable bonds is 49. The Hall–Kier alpha value is -1.59. The minimum atomic E-state index is -0.759. The van der Waals surface area contributed by atoms with Crippen LogP contribution in [-0.2, 0) is 28.6 Å². The number of hydrogen-bond acceptors (Lipinski definition) is 6. The lowest BCUT2D eigenvalue weighted by molar-refractivity contribution is -0.167. The molecule has 0 unspecified atom stereocenters. The van der Waals surface area contributed by atoms with Gasteiger partial charge in [-0.3, -0.25) is 14.4 Å². The van der Waals surface area contributed by atoms with Gasteiger partial charge in [0.15, 0.2) is 6.10 Å². The molecule has 0 saturated carbocycles. The van der Waals surface area contributed by atoms with Crippen LogP contribution in [0.25, 0.3) is 0 Å². The van der Waals surface area contributed by atoms with E-state index in [4.69, 9.17) is 14.2 Å². The summed E-state index contributed by atoms with van der Waals surface area (Å²) in [5.74, 6) is -0.842. The van der Waals surface area contributed by atoms with Gasteiger partial charge < -0.3 is 14.2 Å². The highest BCUT2D eigenvalue weighted by Crippen LogP contribution is 2.17. The third kappa shape index (κ3) is 47.3. The summed E-state index contributed by atoms with van der Waals surface area (Å²) in [6, 6.07) is 0. The summed E-state index contributed by atoms with van der Waals surface area (Å²) in [6.45, 7) is 6.67. The van der Waals surface area contributed by atoms with Crippen molar-refractivity contribution in [2.24, 2.45) is 0 Å². The second kappa shape index (κ2) is 49.1. The number of esters is 3. The molecule has 0 radical (unpaired) electrons. The third-order valence-electron chi connectivity index (χ3n) is 12.1. The van der Waals surface area contributed by atoms with Crippen LogP contribution in [0, 0.1) is 0 Å². The molecular weight excluding hydrogens is 733 g/mol. The molecule has 6 nitrogen and oxygen atoms in total. The Labute approximate surface area is 368 Å². The summed E-state index contributed by atoms with van der Waals surface area (Å²) >= 11 is 0. The highest BCUT2D eigenvalue weighted by Gasteiger charge is 2.19. The minimum Gasteiger partial charge on any atom is -0.462 e. The Morgan fingerprint density at radius 1 is 0.271 bits per heavy atom. The predicted octanol–water partition coefficient (Wildman–Crippen LogP) is 17.2. The molecule has 0 aromatic heterocycles. The summed E-state index contributed by atoms with van der Waals surface area (Å²) in [4.78, 5) is 37.9. The third-order valence-corrected chi connectivity index (χ3v) is 12.1. The number of ether oxygens (including phenoxy) is 3. The van der Waals surface area contributed by atoms with Crippen molar-refractivity contribution in [3.63, 3.8) is 0 Å². The van der Waals surface area contributed by atoms with Gasteiger partial charge >= 0.3 is 17.9 Å². The molecule has 0 aliphatic heterocycles. The lowest BCUT2D eigenvalue weighted by Gasteiger charge is -2.18. The van der Waals surface area contributed by atoms with E-state index in [0.29, 0.717) is 19.3 Å². The van der Waals surface area contributed by atoms with E-state index in [0.717, 1.165) is 57.8 Å². The van der Waals surface area contributed by atoms with Crippen LogP contribution in [0.3, 0.4) is 0 Å². The van der Waals surface area contributed by atoms with Crippen molar-refractivity contribution in [1.29, 1.82) is 0 Å². The van der Waals surface area contributed by atoms with Gasteiger partial charge in [0.2, 0.25) is 0 Å². The van der Waals surface area contributed by atoms with Gasteiger partial charge in [-0.15, -0.1) is 0 Å². The smallest absolute Gasteiger partial charge is 0.306 e. The molecule has 0 amide bonds. The van der Waals surface area contributed by atoms with E-state index in [2.05, 4.69) is 20.8 Å². The van der Waals surface area contributed by atoms with Crippen molar-refractivity contribution in [3.8, 4) is 0 Å². The molecule has 59 heavy (non-hydrogen) atoms. The first-order valence-electron chi connectivity index (χ1n) is 26.5. The van der Waals surface area contributed by atoms with Gasteiger partial charge in [-0.1, -0.05) is 265 Å². The van der Waals surface area contributed by atoms with Crippen LogP contribution in [0.2, 0.25) is 0 Å². The molecule has 350 valence electrons. The number of carbonyl (C=O) groups is 3. The lowest BCUT2D eigenvalue weighted by Crippen LogP contribution is -2.30. The Kier molecular flexibility index (Phi) is 47.7. The van der Waals surface area contributed by atoms with Gasteiger partial charge in [0.25, 0.3) is 0 Å². The quantitative estimate of drug-likeness (QED) is 0.0345. The summed E-state index contributed by atoms with van der Waals surface area (Å²) in [7, 11) is 0. The molecule has 0 N–H and O–H groups in total. The number of carbonyl (C=O) groups excluding carboxylic acids is 3. The van der Waals surface area contributed by atoms with Crippen LogP contribution >= 0.6 is 0 Å². The highest BCUT2D eigenvalue weighted by molar-refractivity contribution is 5.71. The Morgan fingerprint density at radius 2 is 0.458 bits per heavy atom. The van der Waals surface area contributed by atoms with Gasteiger partial charge in [-0.25, -0.2) is 0 Å². The fourth-order valence-corrected chi connectivity index (χ4v) is 8.09. The first-order chi connectivity index (χ1) is 29.0. The molecule has 0 aliphatic rings. The van der Waals surface area contributed by atoms with Crippen molar-refractivity contribution >= 4 is 17.9 Å². The van der Waals surface area contributed by atoms with Gasteiger partial charge in [0.05, 0.1) is 0 Å². The lowest BCUT2D eigenvalue weighted by atomic mass is 10.0. The van der Waals surface area contributed by atoms with Crippen molar-refractivity contribution in [1.82, 2.24) is 0 Å². The monoisotopic (exact) mass is 835 g/mol. The van der Waals surface area contributed by atoms with Gasteiger partial charge in [0, 0.05) is 19.3 Å². The van der Waals surface area contributed by atoms with Crippen molar-refractivity contribution < 1.29 is 28.6 Å². The van der Waals surface area contributed by atoms with Gasteiger partial charge in [0.1, 0.15) is 13.2 Å². The maximum atomic E-state index is 12.8. The molecule has 0 fully saturated rings. The predicted molar refractivity (Wildman–Crippen MR) is 252 cm³/mol. The molecule has 0 heterocycles. The molecule has 6 heteroatoms. The minimum absolute atomic E-state index is 0.0618. The van der Waals surface area contributed by atoms with Crippen molar-refractivity contribution in [2.75, 3.05) is 13.2 Å². The largest absolute Gasteiger partial charge is 0.462 e.